The van der Waals surface area contributed by atoms with Crippen molar-refractivity contribution < 1.29 is 14.1 Å². The Kier molecular flexibility index (Phi) is 3.99. The van der Waals surface area contributed by atoms with Gasteiger partial charge in [-0.15, -0.1) is 0 Å². The Morgan fingerprint density at radius 2 is 2.25 bits per heavy atom. The van der Waals surface area contributed by atoms with E-state index in [1.165, 1.54) is 24.5 Å². The van der Waals surface area contributed by atoms with Crippen LogP contribution in [0.2, 0.25) is 5.15 Å². The van der Waals surface area contributed by atoms with Gasteiger partial charge < -0.3 is 9.73 Å². The molecule has 104 valence electrons. The Bertz CT molecular complexity index is 668. The number of halogens is 1. The maximum absolute atomic E-state index is 12.1. The molecule has 0 saturated heterocycles. The van der Waals surface area contributed by atoms with E-state index in [0.717, 1.165) is 0 Å². The van der Waals surface area contributed by atoms with Gasteiger partial charge >= 0.3 is 5.69 Å². The van der Waals surface area contributed by atoms with E-state index in [-0.39, 0.29) is 16.7 Å². The number of amides is 1. The smallest absolute Gasteiger partial charge is 0.311 e. The molecule has 2 rings (SSSR count). The average Bonchev–Trinajstić information content (AvgIpc) is 2.86. The van der Waals surface area contributed by atoms with Gasteiger partial charge in [0.1, 0.15) is 10.9 Å². The van der Waals surface area contributed by atoms with Crippen LogP contribution >= 0.6 is 11.6 Å². The monoisotopic (exact) mass is 295 g/mol. The number of aryl methyl sites for hydroxylation is 1. The van der Waals surface area contributed by atoms with E-state index in [9.17, 15) is 14.9 Å². The molecular formula is C12H10ClN3O4. The average molecular weight is 296 g/mol. The van der Waals surface area contributed by atoms with Crippen LogP contribution in [0.5, 0.6) is 0 Å². The summed E-state index contributed by atoms with van der Waals surface area (Å²) in [5, 5.41) is 13.3. The molecule has 1 N–H and O–H groups in total. The SMILES string of the molecule is CCc1occc1C(=O)Nc1nc(Cl)ccc1[N+](=O)[O-]. The number of nitro groups is 1. The summed E-state index contributed by atoms with van der Waals surface area (Å²) in [5.74, 6) is -0.239. The summed E-state index contributed by atoms with van der Waals surface area (Å²) >= 11 is 5.68. The van der Waals surface area contributed by atoms with E-state index in [1.54, 1.807) is 0 Å². The summed E-state index contributed by atoms with van der Waals surface area (Å²) in [6, 6.07) is 3.95. The van der Waals surface area contributed by atoms with Crippen LogP contribution in [-0.4, -0.2) is 15.8 Å². The third kappa shape index (κ3) is 2.77. The molecule has 0 radical (unpaired) electrons. The van der Waals surface area contributed by atoms with Crippen LogP contribution in [-0.2, 0) is 6.42 Å². The Morgan fingerprint density at radius 3 is 2.90 bits per heavy atom. The maximum Gasteiger partial charge on any atom is 0.311 e. The molecule has 0 aliphatic carbocycles. The summed E-state index contributed by atoms with van der Waals surface area (Å²) in [6.07, 6.45) is 1.91. The van der Waals surface area contributed by atoms with Gasteiger partial charge in [-0.2, -0.15) is 0 Å². The minimum Gasteiger partial charge on any atom is -0.469 e. The van der Waals surface area contributed by atoms with Gasteiger partial charge in [-0.3, -0.25) is 14.9 Å². The molecule has 0 aromatic carbocycles. The standard InChI is InChI=1S/C12H10ClN3O4/c1-2-9-7(5-6-20-9)12(17)15-11-8(16(18)19)3-4-10(13)14-11/h3-6H,2H2,1H3,(H,14,15,17). The lowest BCUT2D eigenvalue weighted by atomic mass is 10.2. The Hall–Kier alpha value is -2.41. The van der Waals surface area contributed by atoms with Crippen molar-refractivity contribution >= 4 is 29.0 Å². The van der Waals surface area contributed by atoms with Gasteiger partial charge in [0.15, 0.2) is 0 Å². The van der Waals surface area contributed by atoms with Crippen molar-refractivity contribution in [3.05, 3.63) is 51.1 Å². The lowest BCUT2D eigenvalue weighted by Gasteiger charge is -2.05. The van der Waals surface area contributed by atoms with Crippen molar-refractivity contribution in [2.75, 3.05) is 5.32 Å². The first-order valence-corrected chi connectivity index (χ1v) is 6.09. The molecule has 0 atom stereocenters. The molecule has 2 heterocycles. The van der Waals surface area contributed by atoms with Crippen LogP contribution in [0, 0.1) is 10.1 Å². The lowest BCUT2D eigenvalue weighted by molar-refractivity contribution is -0.384. The number of rotatable bonds is 4. The van der Waals surface area contributed by atoms with Crippen molar-refractivity contribution in [2.45, 2.75) is 13.3 Å². The summed E-state index contributed by atoms with van der Waals surface area (Å²) in [7, 11) is 0. The van der Waals surface area contributed by atoms with Gasteiger partial charge in [0.2, 0.25) is 5.82 Å². The molecule has 0 saturated carbocycles. The van der Waals surface area contributed by atoms with Gasteiger partial charge in [0.25, 0.3) is 5.91 Å². The van der Waals surface area contributed by atoms with Gasteiger partial charge in [-0.1, -0.05) is 18.5 Å². The fraction of sp³-hybridized carbons (Fsp3) is 0.167. The molecule has 0 unspecified atom stereocenters. The lowest BCUT2D eigenvalue weighted by Crippen LogP contribution is -2.15. The topological polar surface area (TPSA) is 98.3 Å². The number of furan rings is 1. The predicted octanol–water partition coefficient (Wildman–Crippen LogP) is 3.05. The molecule has 0 aliphatic rings. The second-order valence-electron chi connectivity index (χ2n) is 3.82. The normalized spacial score (nSPS) is 10.3. The van der Waals surface area contributed by atoms with Gasteiger partial charge in [-0.25, -0.2) is 4.98 Å². The molecule has 0 bridgehead atoms. The molecule has 0 fully saturated rings. The zero-order valence-corrected chi connectivity index (χ0v) is 11.2. The number of carbonyl (C=O) groups excluding carboxylic acids is 1. The molecular weight excluding hydrogens is 286 g/mol. The summed E-state index contributed by atoms with van der Waals surface area (Å²) in [5.41, 5.74) is -0.0205. The van der Waals surface area contributed by atoms with E-state index in [0.29, 0.717) is 17.7 Å². The van der Waals surface area contributed by atoms with Crippen LogP contribution in [0.15, 0.2) is 28.9 Å². The van der Waals surface area contributed by atoms with Crippen LogP contribution in [0.1, 0.15) is 23.0 Å². The van der Waals surface area contributed by atoms with Crippen LogP contribution in [0.25, 0.3) is 0 Å². The Balaban J connectivity index is 2.32. The zero-order chi connectivity index (χ0) is 14.7. The highest BCUT2D eigenvalue weighted by atomic mass is 35.5. The molecule has 2 aromatic rings. The highest BCUT2D eigenvalue weighted by molar-refractivity contribution is 6.29. The number of anilines is 1. The van der Waals surface area contributed by atoms with Crippen LogP contribution < -0.4 is 5.32 Å². The van der Waals surface area contributed by atoms with E-state index in [2.05, 4.69) is 10.3 Å². The van der Waals surface area contributed by atoms with E-state index >= 15 is 0 Å². The van der Waals surface area contributed by atoms with Crippen LogP contribution in [0.4, 0.5) is 11.5 Å². The zero-order valence-electron chi connectivity index (χ0n) is 10.4. The number of aromatic nitrogens is 1. The van der Waals surface area contributed by atoms with Crippen LogP contribution in [0.3, 0.4) is 0 Å². The maximum atomic E-state index is 12.1. The molecule has 2 aromatic heterocycles. The van der Waals surface area contributed by atoms with E-state index in [1.807, 2.05) is 6.92 Å². The highest BCUT2D eigenvalue weighted by Crippen LogP contribution is 2.25. The predicted molar refractivity (Wildman–Crippen MR) is 71.9 cm³/mol. The van der Waals surface area contributed by atoms with Crippen molar-refractivity contribution in [3.63, 3.8) is 0 Å². The molecule has 1 amide bonds. The summed E-state index contributed by atoms with van der Waals surface area (Å²) in [4.78, 5) is 26.1. The first-order valence-electron chi connectivity index (χ1n) is 5.71. The van der Waals surface area contributed by atoms with E-state index in [4.69, 9.17) is 16.0 Å². The molecule has 0 spiro atoms. The van der Waals surface area contributed by atoms with Gasteiger partial charge in [0, 0.05) is 12.5 Å². The molecule has 20 heavy (non-hydrogen) atoms. The number of carbonyl (C=O) groups is 1. The fourth-order valence-electron chi connectivity index (χ4n) is 1.66. The first-order chi connectivity index (χ1) is 9.52. The number of nitrogens with one attached hydrogen (secondary N) is 1. The quantitative estimate of drug-likeness (QED) is 0.531. The van der Waals surface area contributed by atoms with Crippen molar-refractivity contribution in [3.8, 4) is 0 Å². The van der Waals surface area contributed by atoms with Crippen molar-refractivity contribution in [2.24, 2.45) is 0 Å². The summed E-state index contributed by atoms with van der Waals surface area (Å²) < 4.78 is 5.13. The fourth-order valence-corrected chi connectivity index (χ4v) is 1.81. The van der Waals surface area contributed by atoms with Crippen molar-refractivity contribution in [1.82, 2.24) is 4.98 Å². The minimum absolute atomic E-state index is 0.0498. The third-order valence-corrected chi connectivity index (χ3v) is 2.79. The highest BCUT2D eigenvalue weighted by Gasteiger charge is 2.20. The Labute approximate surface area is 118 Å². The van der Waals surface area contributed by atoms with Crippen molar-refractivity contribution in [1.29, 1.82) is 0 Å². The second-order valence-corrected chi connectivity index (χ2v) is 4.21. The largest absolute Gasteiger partial charge is 0.469 e. The van der Waals surface area contributed by atoms with Gasteiger partial charge in [0.05, 0.1) is 16.7 Å². The number of hydrogen-bond acceptors (Lipinski definition) is 5. The molecule has 0 aliphatic heterocycles. The molecule has 8 heteroatoms. The number of pyridine rings is 1. The minimum atomic E-state index is -0.644. The number of hydrogen-bond donors (Lipinski definition) is 1. The Morgan fingerprint density at radius 1 is 1.50 bits per heavy atom. The van der Waals surface area contributed by atoms with E-state index < -0.39 is 10.8 Å². The molecule has 7 nitrogen and oxygen atoms in total. The summed E-state index contributed by atoms with van der Waals surface area (Å²) in [6.45, 7) is 1.83. The first kappa shape index (κ1) is 14.0. The second kappa shape index (κ2) is 5.70. The number of nitrogens with zero attached hydrogens (tertiary/aromatic N) is 2. The third-order valence-electron chi connectivity index (χ3n) is 2.58. The van der Waals surface area contributed by atoms with Gasteiger partial charge in [-0.05, 0) is 12.1 Å².